The van der Waals surface area contributed by atoms with Gasteiger partial charge >= 0.3 is 6.09 Å². The lowest BCUT2D eigenvalue weighted by atomic mass is 10.0. The molecule has 4 heteroatoms. The fourth-order valence-electron chi connectivity index (χ4n) is 1.21. The predicted octanol–water partition coefficient (Wildman–Crippen LogP) is 2.51. The van der Waals surface area contributed by atoms with E-state index in [1.165, 1.54) is 0 Å². The summed E-state index contributed by atoms with van der Waals surface area (Å²) in [5, 5.41) is 2.56. The van der Waals surface area contributed by atoms with Crippen LogP contribution in [0.5, 0.6) is 0 Å². The van der Waals surface area contributed by atoms with E-state index in [1.807, 2.05) is 6.92 Å². The summed E-state index contributed by atoms with van der Waals surface area (Å²) in [6, 6.07) is -0.454. The van der Waals surface area contributed by atoms with Gasteiger partial charge in [-0.15, -0.1) is 0 Å². The lowest BCUT2D eigenvalue weighted by Gasteiger charge is -2.22. The first-order chi connectivity index (χ1) is 7.28. The molecule has 4 nitrogen and oxygen atoms in total. The standard InChI is InChI=1S/C12H23NO3/c1-6-9(2)7-10(8-14)13-11(15)16-12(3,4)5/h8-10H,6-7H2,1-5H3,(H,13,15). The van der Waals surface area contributed by atoms with Gasteiger partial charge in [-0.25, -0.2) is 4.79 Å². The molecule has 2 unspecified atom stereocenters. The molecule has 0 aliphatic carbocycles. The molecular weight excluding hydrogens is 206 g/mol. The topological polar surface area (TPSA) is 55.4 Å². The second-order valence-electron chi connectivity index (χ2n) is 5.14. The molecule has 0 spiro atoms. The summed E-state index contributed by atoms with van der Waals surface area (Å²) in [6.45, 7) is 9.47. The SMILES string of the molecule is CCC(C)CC(C=O)NC(=O)OC(C)(C)C. The Kier molecular flexibility index (Phi) is 6.08. The molecule has 0 aromatic heterocycles. The molecule has 0 saturated carbocycles. The first-order valence-electron chi connectivity index (χ1n) is 5.73. The molecule has 0 fully saturated rings. The summed E-state index contributed by atoms with van der Waals surface area (Å²) in [5.74, 6) is 0.408. The number of hydrogen-bond acceptors (Lipinski definition) is 3. The highest BCUT2D eigenvalue weighted by Gasteiger charge is 2.19. The van der Waals surface area contributed by atoms with E-state index in [2.05, 4.69) is 12.2 Å². The summed E-state index contributed by atoms with van der Waals surface area (Å²) < 4.78 is 5.08. The Balaban J connectivity index is 4.12. The van der Waals surface area contributed by atoms with Gasteiger partial charge in [0.15, 0.2) is 0 Å². The van der Waals surface area contributed by atoms with Crippen LogP contribution in [-0.2, 0) is 9.53 Å². The third kappa shape index (κ3) is 7.26. The molecule has 0 aliphatic heterocycles. The Morgan fingerprint density at radius 1 is 1.44 bits per heavy atom. The van der Waals surface area contributed by atoms with Crippen molar-refractivity contribution < 1.29 is 14.3 Å². The maximum atomic E-state index is 11.4. The Labute approximate surface area is 97.7 Å². The molecule has 0 radical (unpaired) electrons. The zero-order valence-corrected chi connectivity index (χ0v) is 10.9. The van der Waals surface area contributed by atoms with Gasteiger partial charge in [0, 0.05) is 0 Å². The predicted molar refractivity (Wildman–Crippen MR) is 63.3 cm³/mol. The minimum absolute atomic E-state index is 0.408. The lowest BCUT2D eigenvalue weighted by Crippen LogP contribution is -2.40. The van der Waals surface area contributed by atoms with Crippen LogP contribution in [0.4, 0.5) is 4.79 Å². The van der Waals surface area contributed by atoms with Crippen molar-refractivity contribution in [2.24, 2.45) is 5.92 Å². The lowest BCUT2D eigenvalue weighted by molar-refractivity contribution is -0.110. The third-order valence-electron chi connectivity index (χ3n) is 2.22. The zero-order chi connectivity index (χ0) is 12.8. The summed E-state index contributed by atoms with van der Waals surface area (Å²) in [5.41, 5.74) is -0.534. The van der Waals surface area contributed by atoms with Crippen molar-refractivity contribution in [1.29, 1.82) is 0 Å². The van der Waals surface area contributed by atoms with Crippen molar-refractivity contribution in [3.8, 4) is 0 Å². The van der Waals surface area contributed by atoms with Crippen LogP contribution in [0.2, 0.25) is 0 Å². The van der Waals surface area contributed by atoms with Crippen molar-refractivity contribution in [2.75, 3.05) is 0 Å². The number of ether oxygens (including phenoxy) is 1. The van der Waals surface area contributed by atoms with Gasteiger partial charge in [-0.05, 0) is 33.1 Å². The molecule has 0 saturated heterocycles. The number of hydrogen-bond donors (Lipinski definition) is 1. The van der Waals surface area contributed by atoms with E-state index in [0.717, 1.165) is 12.7 Å². The van der Waals surface area contributed by atoms with Crippen molar-refractivity contribution in [2.45, 2.75) is 59.1 Å². The monoisotopic (exact) mass is 229 g/mol. The summed E-state index contributed by atoms with van der Waals surface area (Å²) in [7, 11) is 0. The van der Waals surface area contributed by atoms with Gasteiger partial charge in [-0.3, -0.25) is 0 Å². The minimum Gasteiger partial charge on any atom is -0.444 e. The van der Waals surface area contributed by atoms with E-state index in [1.54, 1.807) is 20.8 Å². The number of carbonyl (C=O) groups is 2. The normalized spacial score (nSPS) is 15.1. The van der Waals surface area contributed by atoms with E-state index < -0.39 is 17.7 Å². The van der Waals surface area contributed by atoms with Crippen LogP contribution in [0, 0.1) is 5.92 Å². The second kappa shape index (κ2) is 6.51. The Bertz CT molecular complexity index is 233. The van der Waals surface area contributed by atoms with Crippen LogP contribution in [0.25, 0.3) is 0 Å². The van der Waals surface area contributed by atoms with E-state index in [4.69, 9.17) is 4.74 Å². The van der Waals surface area contributed by atoms with E-state index in [0.29, 0.717) is 12.3 Å². The van der Waals surface area contributed by atoms with Gasteiger partial charge in [0.05, 0.1) is 6.04 Å². The van der Waals surface area contributed by atoms with Crippen LogP contribution >= 0.6 is 0 Å². The minimum atomic E-state index is -0.534. The van der Waals surface area contributed by atoms with Crippen LogP contribution in [0.15, 0.2) is 0 Å². The van der Waals surface area contributed by atoms with Crippen LogP contribution in [0.3, 0.4) is 0 Å². The molecule has 2 atom stereocenters. The molecule has 0 aromatic rings. The third-order valence-corrected chi connectivity index (χ3v) is 2.22. The maximum Gasteiger partial charge on any atom is 0.408 e. The van der Waals surface area contributed by atoms with Gasteiger partial charge in [-0.1, -0.05) is 20.3 Å². The van der Waals surface area contributed by atoms with Gasteiger partial charge in [0.1, 0.15) is 11.9 Å². The fraction of sp³-hybridized carbons (Fsp3) is 0.833. The highest BCUT2D eigenvalue weighted by molar-refractivity contribution is 5.73. The fourth-order valence-corrected chi connectivity index (χ4v) is 1.21. The highest BCUT2D eigenvalue weighted by Crippen LogP contribution is 2.10. The number of aldehydes is 1. The Morgan fingerprint density at radius 2 is 2.00 bits per heavy atom. The van der Waals surface area contributed by atoms with Crippen molar-refractivity contribution >= 4 is 12.4 Å². The second-order valence-corrected chi connectivity index (χ2v) is 5.14. The summed E-state index contributed by atoms with van der Waals surface area (Å²) in [6.07, 6.45) is 1.86. The smallest absolute Gasteiger partial charge is 0.408 e. The van der Waals surface area contributed by atoms with Crippen LogP contribution < -0.4 is 5.32 Å². The number of rotatable bonds is 5. The first-order valence-corrected chi connectivity index (χ1v) is 5.73. The first kappa shape index (κ1) is 14.9. The van der Waals surface area contributed by atoms with Crippen LogP contribution in [0.1, 0.15) is 47.5 Å². The average molecular weight is 229 g/mol. The number of alkyl carbamates (subject to hydrolysis) is 1. The molecular formula is C12H23NO3. The number of nitrogens with one attached hydrogen (secondary N) is 1. The summed E-state index contributed by atoms with van der Waals surface area (Å²) >= 11 is 0. The molecule has 1 N–H and O–H groups in total. The molecule has 94 valence electrons. The van der Waals surface area contributed by atoms with Gasteiger partial charge in [0.2, 0.25) is 0 Å². The van der Waals surface area contributed by atoms with E-state index in [-0.39, 0.29) is 0 Å². The average Bonchev–Trinajstić information content (AvgIpc) is 2.13. The molecule has 1 amide bonds. The van der Waals surface area contributed by atoms with Crippen LogP contribution in [-0.4, -0.2) is 24.0 Å². The number of carbonyl (C=O) groups excluding carboxylic acids is 2. The Morgan fingerprint density at radius 3 is 2.38 bits per heavy atom. The van der Waals surface area contributed by atoms with Gasteiger partial charge in [-0.2, -0.15) is 0 Å². The van der Waals surface area contributed by atoms with E-state index >= 15 is 0 Å². The number of amides is 1. The van der Waals surface area contributed by atoms with E-state index in [9.17, 15) is 9.59 Å². The maximum absolute atomic E-state index is 11.4. The van der Waals surface area contributed by atoms with Gasteiger partial charge < -0.3 is 14.8 Å². The molecule has 0 rings (SSSR count). The molecule has 16 heavy (non-hydrogen) atoms. The molecule has 0 aromatic carbocycles. The van der Waals surface area contributed by atoms with Crippen molar-refractivity contribution in [3.05, 3.63) is 0 Å². The quantitative estimate of drug-likeness (QED) is 0.737. The Hall–Kier alpha value is -1.06. The largest absolute Gasteiger partial charge is 0.444 e. The molecule has 0 bridgehead atoms. The van der Waals surface area contributed by atoms with Gasteiger partial charge in [0.25, 0.3) is 0 Å². The van der Waals surface area contributed by atoms with Crippen molar-refractivity contribution in [3.63, 3.8) is 0 Å². The van der Waals surface area contributed by atoms with Crippen molar-refractivity contribution in [1.82, 2.24) is 5.32 Å². The zero-order valence-electron chi connectivity index (χ0n) is 10.9. The molecule has 0 aliphatic rings. The summed E-state index contributed by atoms with van der Waals surface area (Å²) in [4.78, 5) is 22.2. The highest BCUT2D eigenvalue weighted by atomic mass is 16.6. The molecule has 0 heterocycles.